The van der Waals surface area contributed by atoms with Crippen LogP contribution in [0.15, 0.2) is 71.7 Å². The molecule has 212 valence electrons. The predicted octanol–water partition coefficient (Wildman–Crippen LogP) is 7.23. The van der Waals surface area contributed by atoms with Gasteiger partial charge in [-0.05, 0) is 67.5 Å². The number of nitrogens with zero attached hydrogens (tertiary/aromatic N) is 2. The molecule has 0 aromatic heterocycles. The van der Waals surface area contributed by atoms with Gasteiger partial charge in [-0.2, -0.15) is 0 Å². The van der Waals surface area contributed by atoms with E-state index in [0.717, 1.165) is 53.8 Å². The highest BCUT2D eigenvalue weighted by atomic mass is 32.2. The molecule has 5 nitrogen and oxygen atoms in total. The van der Waals surface area contributed by atoms with Gasteiger partial charge in [0.1, 0.15) is 6.29 Å². The Morgan fingerprint density at radius 1 is 1.07 bits per heavy atom. The molecule has 0 atom stereocenters. The van der Waals surface area contributed by atoms with Crippen LogP contribution < -0.4 is 10.2 Å². The van der Waals surface area contributed by atoms with Gasteiger partial charge in [-0.1, -0.05) is 68.1 Å². The van der Waals surface area contributed by atoms with Gasteiger partial charge in [0, 0.05) is 30.4 Å². The first-order chi connectivity index (χ1) is 19.2. The van der Waals surface area contributed by atoms with E-state index in [1.54, 1.807) is 0 Å². The molecule has 3 aromatic carbocycles. The first-order valence-electron chi connectivity index (χ1n) is 13.1. The normalized spacial score (nSPS) is 12.4. The summed E-state index contributed by atoms with van der Waals surface area (Å²) >= 11 is 1.31. The van der Waals surface area contributed by atoms with E-state index in [4.69, 9.17) is 0 Å². The van der Waals surface area contributed by atoms with Crippen molar-refractivity contribution in [2.75, 3.05) is 24.7 Å². The third-order valence-corrected chi connectivity index (χ3v) is 6.68. The molecule has 40 heavy (non-hydrogen) atoms. The van der Waals surface area contributed by atoms with Crippen LogP contribution in [0.3, 0.4) is 0 Å². The highest BCUT2D eigenvalue weighted by molar-refractivity contribution is 8.13. The molecule has 0 bridgehead atoms. The molecule has 1 N–H and O–H groups in total. The van der Waals surface area contributed by atoms with Gasteiger partial charge in [0.2, 0.25) is 5.91 Å². The standard InChI is InChI=1S/C22H23F2N3OS.C8H8O.C2H6/c1-4-19(15-6-8-20-16(13-15)9-10-27(20)2)25-22(29-3)26-21(28)12-14-5-7-17(23)18(24)11-14;1-7-4-2-3-5-8(7)6-9;1-2/h4-8,11,13H,9-10,12H2,1-3H3,(H,25,26,28);2-6H,1H3;1-2H3/b19-4+;;. The molecule has 0 radical (unpaired) electrons. The lowest BCUT2D eigenvalue weighted by Crippen LogP contribution is -2.29. The minimum Gasteiger partial charge on any atom is -0.374 e. The minimum absolute atomic E-state index is 0.0624. The third kappa shape index (κ3) is 9.16. The number of aliphatic imine (C=N–C) groups is 1. The minimum atomic E-state index is -0.965. The number of benzene rings is 3. The quantitative estimate of drug-likeness (QED) is 0.201. The number of rotatable bonds is 5. The van der Waals surface area contributed by atoms with Crippen LogP contribution in [0.4, 0.5) is 14.5 Å². The van der Waals surface area contributed by atoms with Crippen molar-refractivity contribution in [3.8, 4) is 0 Å². The highest BCUT2D eigenvalue weighted by Gasteiger charge is 2.17. The molecule has 0 saturated heterocycles. The largest absolute Gasteiger partial charge is 0.374 e. The molecule has 0 fully saturated rings. The van der Waals surface area contributed by atoms with Crippen LogP contribution in [-0.2, 0) is 17.6 Å². The van der Waals surface area contributed by atoms with Gasteiger partial charge in [-0.15, -0.1) is 0 Å². The topological polar surface area (TPSA) is 61.8 Å². The third-order valence-electron chi connectivity index (χ3n) is 6.10. The van der Waals surface area contributed by atoms with E-state index in [1.165, 1.54) is 29.1 Å². The summed E-state index contributed by atoms with van der Waals surface area (Å²) in [5.41, 5.74) is 6.48. The molecule has 3 aromatic rings. The van der Waals surface area contributed by atoms with Crippen molar-refractivity contribution in [3.05, 3.63) is 106 Å². The molecule has 1 heterocycles. The zero-order chi connectivity index (χ0) is 29.7. The van der Waals surface area contributed by atoms with E-state index in [-0.39, 0.29) is 12.3 Å². The molecule has 0 aliphatic carbocycles. The Morgan fingerprint density at radius 2 is 1.80 bits per heavy atom. The second kappa shape index (κ2) is 16.4. The van der Waals surface area contributed by atoms with Gasteiger partial charge in [-0.25, -0.2) is 13.8 Å². The van der Waals surface area contributed by atoms with Crippen LogP contribution in [0.2, 0.25) is 0 Å². The van der Waals surface area contributed by atoms with Crippen LogP contribution in [0.25, 0.3) is 5.70 Å². The smallest absolute Gasteiger partial charge is 0.230 e. The van der Waals surface area contributed by atoms with E-state index in [2.05, 4.69) is 34.4 Å². The number of amides is 1. The number of amidine groups is 1. The Morgan fingerprint density at radius 3 is 2.40 bits per heavy atom. The zero-order valence-electron chi connectivity index (χ0n) is 23.9. The summed E-state index contributed by atoms with van der Waals surface area (Å²) in [5.74, 6) is -2.23. The molecule has 0 unspecified atom stereocenters. The van der Waals surface area contributed by atoms with Crippen LogP contribution in [0.1, 0.15) is 53.4 Å². The summed E-state index contributed by atoms with van der Waals surface area (Å²) in [6, 6.07) is 17.2. The van der Waals surface area contributed by atoms with Crippen molar-refractivity contribution in [1.82, 2.24) is 5.32 Å². The molecule has 8 heteroatoms. The van der Waals surface area contributed by atoms with Crippen molar-refractivity contribution < 1.29 is 18.4 Å². The van der Waals surface area contributed by atoms with Gasteiger partial charge in [0.25, 0.3) is 0 Å². The number of nitrogens with one attached hydrogen (secondary N) is 1. The molecular weight excluding hydrogens is 528 g/mol. The van der Waals surface area contributed by atoms with Crippen LogP contribution in [0, 0.1) is 18.6 Å². The number of fused-ring (bicyclic) bond motifs is 1. The maximum atomic E-state index is 13.3. The van der Waals surface area contributed by atoms with Crippen molar-refractivity contribution in [1.29, 1.82) is 0 Å². The van der Waals surface area contributed by atoms with E-state index in [0.29, 0.717) is 10.7 Å². The number of likely N-dealkylation sites (N-methyl/N-ethyl adjacent to an activating group) is 1. The second-order valence-corrected chi connectivity index (χ2v) is 9.55. The number of hydrogen-bond donors (Lipinski definition) is 1. The number of aryl methyl sites for hydroxylation is 1. The zero-order valence-corrected chi connectivity index (χ0v) is 24.7. The fraction of sp³-hybridized carbons (Fsp3) is 0.281. The Hall–Kier alpha value is -3.78. The molecule has 4 rings (SSSR count). The summed E-state index contributed by atoms with van der Waals surface area (Å²) in [5, 5.41) is 3.20. The predicted molar refractivity (Wildman–Crippen MR) is 164 cm³/mol. The number of halogens is 2. The average molecular weight is 566 g/mol. The van der Waals surface area contributed by atoms with Gasteiger partial charge >= 0.3 is 0 Å². The lowest BCUT2D eigenvalue weighted by molar-refractivity contribution is -0.119. The van der Waals surface area contributed by atoms with Crippen LogP contribution in [0.5, 0.6) is 0 Å². The first kappa shape index (κ1) is 32.4. The van der Waals surface area contributed by atoms with E-state index in [9.17, 15) is 18.4 Å². The molecule has 1 amide bonds. The summed E-state index contributed by atoms with van der Waals surface area (Å²) < 4.78 is 26.4. The summed E-state index contributed by atoms with van der Waals surface area (Å²) in [4.78, 5) is 29.4. The Labute approximate surface area is 240 Å². The van der Waals surface area contributed by atoms with Crippen molar-refractivity contribution in [3.63, 3.8) is 0 Å². The van der Waals surface area contributed by atoms with Crippen LogP contribution >= 0.6 is 11.8 Å². The number of carbonyl (C=O) groups excluding carboxylic acids is 2. The lowest BCUT2D eigenvalue weighted by atomic mass is 10.1. The summed E-state index contributed by atoms with van der Waals surface area (Å²) in [6.45, 7) is 8.83. The molecule has 1 aliphatic rings. The Kier molecular flexibility index (Phi) is 13.3. The first-order valence-corrected chi connectivity index (χ1v) is 14.4. The number of allylic oxidation sites excluding steroid dienone is 1. The summed E-state index contributed by atoms with van der Waals surface area (Å²) in [6.07, 6.45) is 5.53. The summed E-state index contributed by atoms with van der Waals surface area (Å²) in [7, 11) is 2.08. The number of aldehydes is 1. The maximum absolute atomic E-state index is 13.3. The van der Waals surface area contributed by atoms with Crippen molar-refractivity contribution in [2.24, 2.45) is 4.99 Å². The number of hydrogen-bond acceptors (Lipinski definition) is 5. The Bertz CT molecular complexity index is 1370. The fourth-order valence-corrected chi connectivity index (χ4v) is 4.38. The Balaban J connectivity index is 0.000000428. The monoisotopic (exact) mass is 565 g/mol. The number of carbonyl (C=O) groups is 2. The molecule has 0 saturated carbocycles. The van der Waals surface area contributed by atoms with E-state index >= 15 is 0 Å². The number of anilines is 1. The highest BCUT2D eigenvalue weighted by Crippen LogP contribution is 2.30. The van der Waals surface area contributed by atoms with Gasteiger partial charge in [-0.3, -0.25) is 9.59 Å². The van der Waals surface area contributed by atoms with Gasteiger partial charge in [0.05, 0.1) is 12.1 Å². The van der Waals surface area contributed by atoms with E-state index < -0.39 is 11.6 Å². The fourth-order valence-electron chi connectivity index (χ4n) is 3.97. The number of thioether (sulfide) groups is 1. The molecule has 0 spiro atoms. The van der Waals surface area contributed by atoms with Gasteiger partial charge < -0.3 is 10.2 Å². The van der Waals surface area contributed by atoms with Crippen LogP contribution in [-0.4, -0.2) is 37.2 Å². The van der Waals surface area contributed by atoms with Crippen molar-refractivity contribution in [2.45, 2.75) is 40.5 Å². The molecule has 1 aliphatic heterocycles. The van der Waals surface area contributed by atoms with Crippen molar-refractivity contribution >= 4 is 40.5 Å². The molecular formula is C32H37F2N3O2S. The lowest BCUT2D eigenvalue weighted by Gasteiger charge is -2.13. The van der Waals surface area contributed by atoms with Gasteiger partial charge in [0.15, 0.2) is 16.8 Å². The SMILES string of the molecule is C/C=C(/N=C(NC(=O)Cc1ccc(F)c(F)c1)SC)c1ccc2c(c1)CCN2C.CC.Cc1ccccc1C=O. The van der Waals surface area contributed by atoms with E-state index in [1.807, 2.05) is 70.4 Å². The maximum Gasteiger partial charge on any atom is 0.230 e. The average Bonchev–Trinajstić information content (AvgIpc) is 3.34. The second-order valence-electron chi connectivity index (χ2n) is 8.76.